The first-order valence-electron chi connectivity index (χ1n) is 12.1. The molecule has 3 aromatic rings. The highest BCUT2D eigenvalue weighted by Crippen LogP contribution is 2.23. The van der Waals surface area contributed by atoms with Crippen molar-refractivity contribution < 1.29 is 9.59 Å². The second kappa shape index (κ2) is 14.5. The van der Waals surface area contributed by atoms with Gasteiger partial charge in [-0.3, -0.25) is 9.59 Å². The maximum atomic E-state index is 13.7. The molecule has 0 aliphatic rings. The summed E-state index contributed by atoms with van der Waals surface area (Å²) in [4.78, 5) is 29.9. The van der Waals surface area contributed by atoms with Crippen molar-refractivity contribution in [1.82, 2.24) is 10.2 Å². The van der Waals surface area contributed by atoms with E-state index in [1.54, 1.807) is 16.7 Å². The number of thioether (sulfide) groups is 1. The van der Waals surface area contributed by atoms with Crippen LogP contribution >= 0.6 is 39.3 Å². The Labute approximate surface area is 231 Å². The van der Waals surface area contributed by atoms with Crippen molar-refractivity contribution in [3.05, 3.63) is 99.5 Å². The van der Waals surface area contributed by atoms with Gasteiger partial charge in [-0.2, -0.15) is 0 Å². The predicted octanol–water partition coefficient (Wildman–Crippen LogP) is 7.00. The van der Waals surface area contributed by atoms with Gasteiger partial charge in [0.2, 0.25) is 11.8 Å². The fourth-order valence-electron chi connectivity index (χ4n) is 3.74. The molecule has 7 heteroatoms. The topological polar surface area (TPSA) is 49.4 Å². The maximum Gasteiger partial charge on any atom is 0.243 e. The van der Waals surface area contributed by atoms with Crippen LogP contribution in [0.15, 0.2) is 88.2 Å². The van der Waals surface area contributed by atoms with Crippen LogP contribution in [-0.4, -0.2) is 35.1 Å². The molecular formula is C29H32BrClN2O2S. The lowest BCUT2D eigenvalue weighted by molar-refractivity contribution is -0.141. The first-order valence-corrected chi connectivity index (χ1v) is 14.2. The van der Waals surface area contributed by atoms with Gasteiger partial charge in [0.15, 0.2) is 0 Å². The van der Waals surface area contributed by atoms with E-state index in [1.807, 2.05) is 78.9 Å². The predicted molar refractivity (Wildman–Crippen MR) is 153 cm³/mol. The number of halogens is 2. The van der Waals surface area contributed by atoms with E-state index in [2.05, 4.69) is 35.1 Å². The molecule has 36 heavy (non-hydrogen) atoms. The maximum absolute atomic E-state index is 13.7. The summed E-state index contributed by atoms with van der Waals surface area (Å²) < 4.78 is 0.939. The van der Waals surface area contributed by atoms with Crippen LogP contribution < -0.4 is 5.32 Å². The van der Waals surface area contributed by atoms with E-state index >= 15 is 0 Å². The van der Waals surface area contributed by atoms with Gasteiger partial charge in [-0.1, -0.05) is 83.8 Å². The van der Waals surface area contributed by atoms with Crippen LogP contribution in [0.4, 0.5) is 0 Å². The summed E-state index contributed by atoms with van der Waals surface area (Å²) in [5.74, 6) is 0.760. The molecule has 4 nitrogen and oxygen atoms in total. The minimum atomic E-state index is -0.613. The molecule has 0 aromatic heterocycles. The number of amides is 2. The number of nitrogens with zero attached hydrogens (tertiary/aromatic N) is 1. The third kappa shape index (κ3) is 9.30. The van der Waals surface area contributed by atoms with Crippen molar-refractivity contribution >= 4 is 51.1 Å². The Hall–Kier alpha value is -2.28. The van der Waals surface area contributed by atoms with Crippen molar-refractivity contribution in [1.29, 1.82) is 0 Å². The number of hydrogen-bond acceptors (Lipinski definition) is 3. The second-order valence-electron chi connectivity index (χ2n) is 9.05. The number of rotatable bonds is 12. The van der Waals surface area contributed by atoms with E-state index in [9.17, 15) is 9.59 Å². The summed E-state index contributed by atoms with van der Waals surface area (Å²) in [6.07, 6.45) is 0.777. The standard InChI is InChI=1S/C29H32BrClN2O2S/c1-21(2)19-32-29(35)27(18-22-7-4-3-5-8-22)33(20-23-9-6-10-24(30)17-23)28(34)15-16-36-26-13-11-25(31)12-14-26/h3-14,17,21,27H,15-16,18-20H2,1-2H3,(H,32,35)/t27-/m1/s1. The van der Waals surface area contributed by atoms with Gasteiger partial charge in [-0.25, -0.2) is 0 Å². The van der Waals surface area contributed by atoms with Crippen molar-refractivity contribution in [2.24, 2.45) is 5.92 Å². The molecule has 0 aliphatic heterocycles. The van der Waals surface area contributed by atoms with Crippen LogP contribution in [-0.2, 0) is 22.6 Å². The molecule has 190 valence electrons. The zero-order valence-electron chi connectivity index (χ0n) is 20.6. The molecule has 2 amide bonds. The molecule has 0 unspecified atom stereocenters. The molecule has 0 spiro atoms. The molecule has 1 atom stereocenters. The summed E-state index contributed by atoms with van der Waals surface area (Å²) >= 11 is 11.1. The van der Waals surface area contributed by atoms with Gasteiger partial charge < -0.3 is 10.2 Å². The van der Waals surface area contributed by atoms with E-state index in [0.717, 1.165) is 20.5 Å². The molecule has 3 rings (SSSR count). The molecule has 0 aliphatic carbocycles. The van der Waals surface area contributed by atoms with Crippen LogP contribution in [0.3, 0.4) is 0 Å². The molecule has 1 N–H and O–H groups in total. The van der Waals surface area contributed by atoms with E-state index in [1.165, 1.54) is 0 Å². The van der Waals surface area contributed by atoms with E-state index in [-0.39, 0.29) is 11.8 Å². The van der Waals surface area contributed by atoms with Crippen molar-refractivity contribution in [3.63, 3.8) is 0 Å². The fraction of sp³-hybridized carbons (Fsp3) is 0.310. The Morgan fingerprint density at radius 1 is 0.972 bits per heavy atom. The second-order valence-corrected chi connectivity index (χ2v) is 11.6. The molecule has 0 saturated heterocycles. The highest BCUT2D eigenvalue weighted by Gasteiger charge is 2.30. The molecule has 0 heterocycles. The molecule has 0 saturated carbocycles. The van der Waals surface area contributed by atoms with Gasteiger partial charge in [-0.15, -0.1) is 11.8 Å². The SMILES string of the molecule is CC(C)CNC(=O)[C@@H](Cc1ccccc1)N(Cc1cccc(Br)c1)C(=O)CCSc1ccc(Cl)cc1. The monoisotopic (exact) mass is 586 g/mol. The Balaban J connectivity index is 1.83. The first-order chi connectivity index (χ1) is 17.3. The molecule has 0 bridgehead atoms. The number of carbonyl (C=O) groups excluding carboxylic acids is 2. The minimum Gasteiger partial charge on any atom is -0.354 e. The number of carbonyl (C=O) groups is 2. The average Bonchev–Trinajstić information content (AvgIpc) is 2.86. The van der Waals surface area contributed by atoms with Crippen LogP contribution in [0.25, 0.3) is 0 Å². The smallest absolute Gasteiger partial charge is 0.243 e. The fourth-order valence-corrected chi connectivity index (χ4v) is 5.15. The van der Waals surface area contributed by atoms with Gasteiger partial charge in [-0.05, 0) is 53.4 Å². The Bertz CT molecular complexity index is 1130. The van der Waals surface area contributed by atoms with Gasteiger partial charge in [0.05, 0.1) is 0 Å². The van der Waals surface area contributed by atoms with Gasteiger partial charge >= 0.3 is 0 Å². The lowest BCUT2D eigenvalue weighted by Crippen LogP contribution is -2.51. The molecular weight excluding hydrogens is 556 g/mol. The Morgan fingerprint density at radius 3 is 2.33 bits per heavy atom. The van der Waals surface area contributed by atoms with Crippen molar-refractivity contribution in [2.45, 2.75) is 44.2 Å². The zero-order valence-corrected chi connectivity index (χ0v) is 23.8. The summed E-state index contributed by atoms with van der Waals surface area (Å²) in [7, 11) is 0. The molecule has 0 fully saturated rings. The van der Waals surface area contributed by atoms with Crippen molar-refractivity contribution in [2.75, 3.05) is 12.3 Å². The lowest BCUT2D eigenvalue weighted by atomic mass is 10.0. The van der Waals surface area contributed by atoms with Gasteiger partial charge in [0.25, 0.3) is 0 Å². The number of hydrogen-bond donors (Lipinski definition) is 1. The third-order valence-corrected chi connectivity index (χ3v) is 7.35. The van der Waals surface area contributed by atoms with Crippen LogP contribution in [0.1, 0.15) is 31.4 Å². The third-order valence-electron chi connectivity index (χ3n) is 5.60. The quantitative estimate of drug-likeness (QED) is 0.232. The summed E-state index contributed by atoms with van der Waals surface area (Å²) in [5, 5.41) is 3.75. The van der Waals surface area contributed by atoms with E-state index in [4.69, 9.17) is 11.6 Å². The lowest BCUT2D eigenvalue weighted by Gasteiger charge is -2.32. The Kier molecular flexibility index (Phi) is 11.4. The van der Waals surface area contributed by atoms with Crippen LogP contribution in [0, 0.1) is 5.92 Å². The van der Waals surface area contributed by atoms with E-state index < -0.39 is 6.04 Å². The Morgan fingerprint density at radius 2 is 1.67 bits per heavy atom. The average molecular weight is 588 g/mol. The van der Waals surface area contributed by atoms with Crippen LogP contribution in [0.5, 0.6) is 0 Å². The largest absolute Gasteiger partial charge is 0.354 e. The molecule has 3 aromatic carbocycles. The summed E-state index contributed by atoms with van der Waals surface area (Å²) in [6.45, 7) is 5.04. The summed E-state index contributed by atoms with van der Waals surface area (Å²) in [6, 6.07) is 24.7. The first kappa shape index (κ1) is 28.3. The highest BCUT2D eigenvalue weighted by molar-refractivity contribution is 9.10. The molecule has 0 radical (unpaired) electrons. The van der Waals surface area contributed by atoms with E-state index in [0.29, 0.717) is 42.6 Å². The van der Waals surface area contributed by atoms with Crippen LogP contribution in [0.2, 0.25) is 5.02 Å². The number of benzene rings is 3. The number of nitrogens with one attached hydrogen (secondary N) is 1. The minimum absolute atomic E-state index is 0.0444. The van der Waals surface area contributed by atoms with Gasteiger partial charge in [0, 0.05) is 46.1 Å². The normalized spacial score (nSPS) is 11.8. The summed E-state index contributed by atoms with van der Waals surface area (Å²) in [5.41, 5.74) is 1.99. The highest BCUT2D eigenvalue weighted by atomic mass is 79.9. The van der Waals surface area contributed by atoms with Crippen molar-refractivity contribution in [3.8, 4) is 0 Å². The van der Waals surface area contributed by atoms with Gasteiger partial charge in [0.1, 0.15) is 6.04 Å². The zero-order chi connectivity index (χ0) is 25.9.